The molecule has 2 aliphatic rings. The Labute approximate surface area is 119 Å². The molecule has 6 nitrogen and oxygen atoms in total. The molecule has 6 heteroatoms. The summed E-state index contributed by atoms with van der Waals surface area (Å²) < 4.78 is 0. The fourth-order valence-electron chi connectivity index (χ4n) is 3.12. The molecule has 2 saturated heterocycles. The van der Waals surface area contributed by atoms with Gasteiger partial charge in [0, 0.05) is 38.1 Å². The van der Waals surface area contributed by atoms with Crippen molar-refractivity contribution in [1.82, 2.24) is 9.80 Å². The Morgan fingerprint density at radius 2 is 1.80 bits per heavy atom. The number of carbonyl (C=O) groups excluding carboxylic acids is 1. The average Bonchev–Trinajstić information content (AvgIpc) is 2.45. The summed E-state index contributed by atoms with van der Waals surface area (Å²) in [5, 5.41) is 8.82. The smallest absolute Gasteiger partial charge is 0.320 e. The molecule has 0 aliphatic carbocycles. The maximum atomic E-state index is 12.6. The van der Waals surface area contributed by atoms with Crippen molar-refractivity contribution in [3.63, 3.8) is 0 Å². The van der Waals surface area contributed by atoms with Gasteiger partial charge in [-0.15, -0.1) is 0 Å². The van der Waals surface area contributed by atoms with Gasteiger partial charge in [0.15, 0.2) is 0 Å². The van der Waals surface area contributed by atoms with Crippen LogP contribution in [0.1, 0.15) is 44.9 Å². The highest BCUT2D eigenvalue weighted by molar-refractivity contribution is 5.75. The van der Waals surface area contributed by atoms with Crippen LogP contribution in [-0.2, 0) is 4.79 Å². The molecule has 1 atom stereocenters. The largest absolute Gasteiger partial charge is 0.481 e. The predicted molar refractivity (Wildman–Crippen MR) is 75.4 cm³/mol. The lowest BCUT2D eigenvalue weighted by Gasteiger charge is -2.40. The molecule has 0 spiro atoms. The Hall–Kier alpha value is -1.30. The summed E-state index contributed by atoms with van der Waals surface area (Å²) in [6, 6.07) is 0.373. The summed E-state index contributed by atoms with van der Waals surface area (Å²) >= 11 is 0. The topological polar surface area (TPSA) is 86.9 Å². The number of nitrogens with zero attached hydrogens (tertiary/aromatic N) is 2. The fourth-order valence-corrected chi connectivity index (χ4v) is 3.12. The third-order valence-electron chi connectivity index (χ3n) is 4.37. The number of nitrogens with two attached hydrogens (primary N) is 1. The molecule has 0 bridgehead atoms. The summed E-state index contributed by atoms with van der Waals surface area (Å²) in [4.78, 5) is 27.1. The number of carboxylic acids is 1. The monoisotopic (exact) mass is 283 g/mol. The normalized spacial score (nSPS) is 24.8. The zero-order valence-corrected chi connectivity index (χ0v) is 12.0. The van der Waals surface area contributed by atoms with Crippen molar-refractivity contribution in [1.29, 1.82) is 0 Å². The third-order valence-corrected chi connectivity index (χ3v) is 4.37. The molecule has 1 unspecified atom stereocenters. The molecule has 0 aromatic carbocycles. The van der Waals surface area contributed by atoms with Gasteiger partial charge in [0.1, 0.15) is 0 Å². The van der Waals surface area contributed by atoms with E-state index in [1.165, 1.54) is 0 Å². The number of aliphatic carboxylic acids is 1. The van der Waals surface area contributed by atoms with Gasteiger partial charge in [0.05, 0.1) is 0 Å². The summed E-state index contributed by atoms with van der Waals surface area (Å²) in [6.45, 7) is 2.20. The van der Waals surface area contributed by atoms with Gasteiger partial charge in [0.2, 0.25) is 0 Å². The molecule has 2 aliphatic heterocycles. The Morgan fingerprint density at radius 3 is 2.45 bits per heavy atom. The molecule has 0 aromatic rings. The fraction of sp³-hybridized carbons (Fsp3) is 0.857. The van der Waals surface area contributed by atoms with E-state index in [0.717, 1.165) is 51.7 Å². The van der Waals surface area contributed by atoms with Crippen LogP contribution < -0.4 is 5.73 Å². The van der Waals surface area contributed by atoms with Crippen molar-refractivity contribution in [2.75, 3.05) is 19.6 Å². The summed E-state index contributed by atoms with van der Waals surface area (Å²) in [5.41, 5.74) is 5.87. The van der Waals surface area contributed by atoms with Gasteiger partial charge >= 0.3 is 12.0 Å². The van der Waals surface area contributed by atoms with Crippen LogP contribution in [0, 0.1) is 0 Å². The maximum absolute atomic E-state index is 12.6. The number of carbonyl (C=O) groups is 2. The van der Waals surface area contributed by atoms with Crippen molar-refractivity contribution in [2.24, 2.45) is 5.73 Å². The minimum Gasteiger partial charge on any atom is -0.481 e. The Morgan fingerprint density at radius 1 is 1.10 bits per heavy atom. The van der Waals surface area contributed by atoms with E-state index in [-0.39, 0.29) is 24.5 Å². The second-order valence-electron chi connectivity index (χ2n) is 5.88. The van der Waals surface area contributed by atoms with Gasteiger partial charge in [0.25, 0.3) is 0 Å². The molecule has 0 saturated carbocycles. The van der Waals surface area contributed by atoms with E-state index in [4.69, 9.17) is 10.8 Å². The van der Waals surface area contributed by atoms with Crippen LogP contribution in [0.15, 0.2) is 0 Å². The van der Waals surface area contributed by atoms with Gasteiger partial charge in [-0.05, 0) is 38.5 Å². The standard InChI is InChI=1S/C14H25N3O3/c15-11-6-9-16(10-7-11)14(20)17-8-2-1-3-12(17)4-5-13(18)19/h11-12H,1-10,15H2,(H,18,19). The van der Waals surface area contributed by atoms with Crippen LogP contribution in [0.4, 0.5) is 4.79 Å². The molecular formula is C14H25N3O3. The van der Waals surface area contributed by atoms with Crippen LogP contribution in [-0.4, -0.2) is 58.6 Å². The summed E-state index contributed by atoms with van der Waals surface area (Å²) in [7, 11) is 0. The molecule has 2 amide bonds. The highest BCUT2D eigenvalue weighted by atomic mass is 16.4. The minimum absolute atomic E-state index is 0.0759. The molecule has 0 aromatic heterocycles. The predicted octanol–water partition coefficient (Wildman–Crippen LogP) is 1.25. The Balaban J connectivity index is 1.92. The van der Waals surface area contributed by atoms with Gasteiger partial charge in [-0.2, -0.15) is 0 Å². The van der Waals surface area contributed by atoms with Crippen molar-refractivity contribution in [2.45, 2.75) is 57.0 Å². The zero-order valence-electron chi connectivity index (χ0n) is 12.0. The molecule has 2 heterocycles. The van der Waals surface area contributed by atoms with Crippen LogP contribution in [0.2, 0.25) is 0 Å². The first kappa shape index (κ1) is 15.1. The summed E-state index contributed by atoms with van der Waals surface area (Å²) in [6.07, 6.45) is 5.44. The number of piperidine rings is 2. The van der Waals surface area contributed by atoms with Crippen LogP contribution in [0.25, 0.3) is 0 Å². The van der Waals surface area contributed by atoms with E-state index < -0.39 is 5.97 Å². The first-order valence-electron chi connectivity index (χ1n) is 7.61. The number of hydrogen-bond acceptors (Lipinski definition) is 3. The van der Waals surface area contributed by atoms with Crippen LogP contribution in [0.3, 0.4) is 0 Å². The number of urea groups is 1. The van der Waals surface area contributed by atoms with Gasteiger partial charge < -0.3 is 20.6 Å². The molecule has 0 radical (unpaired) electrons. The third kappa shape index (κ3) is 3.85. The van der Waals surface area contributed by atoms with Crippen molar-refractivity contribution >= 4 is 12.0 Å². The van der Waals surface area contributed by atoms with Gasteiger partial charge in [-0.1, -0.05) is 0 Å². The lowest BCUT2D eigenvalue weighted by Crippen LogP contribution is -2.53. The second-order valence-corrected chi connectivity index (χ2v) is 5.88. The lowest BCUT2D eigenvalue weighted by molar-refractivity contribution is -0.137. The number of hydrogen-bond donors (Lipinski definition) is 2. The van der Waals surface area contributed by atoms with Gasteiger partial charge in [-0.3, -0.25) is 4.79 Å². The number of amides is 2. The Kier molecular flexibility index (Phi) is 5.23. The SMILES string of the molecule is NC1CCN(C(=O)N2CCCCC2CCC(=O)O)CC1. The maximum Gasteiger partial charge on any atom is 0.320 e. The van der Waals surface area contributed by atoms with E-state index in [9.17, 15) is 9.59 Å². The quantitative estimate of drug-likeness (QED) is 0.816. The second kappa shape index (κ2) is 6.92. The summed E-state index contributed by atoms with van der Waals surface area (Å²) in [5.74, 6) is -0.785. The average molecular weight is 283 g/mol. The zero-order chi connectivity index (χ0) is 14.5. The highest BCUT2D eigenvalue weighted by Gasteiger charge is 2.31. The van der Waals surface area contributed by atoms with Crippen molar-refractivity contribution < 1.29 is 14.7 Å². The number of likely N-dealkylation sites (tertiary alicyclic amines) is 2. The molecule has 2 fully saturated rings. The molecule has 2 rings (SSSR count). The molecule has 3 N–H and O–H groups in total. The minimum atomic E-state index is -0.785. The molecule has 114 valence electrons. The van der Waals surface area contributed by atoms with E-state index >= 15 is 0 Å². The Bertz CT molecular complexity index is 354. The van der Waals surface area contributed by atoms with E-state index in [0.29, 0.717) is 6.42 Å². The van der Waals surface area contributed by atoms with Crippen LogP contribution >= 0.6 is 0 Å². The highest BCUT2D eigenvalue weighted by Crippen LogP contribution is 2.23. The van der Waals surface area contributed by atoms with E-state index in [1.54, 1.807) is 0 Å². The van der Waals surface area contributed by atoms with Gasteiger partial charge in [-0.25, -0.2) is 4.79 Å². The van der Waals surface area contributed by atoms with Crippen LogP contribution in [0.5, 0.6) is 0 Å². The number of carboxylic acid groups (broad SMARTS) is 1. The first-order chi connectivity index (χ1) is 9.58. The van der Waals surface area contributed by atoms with E-state index in [2.05, 4.69) is 0 Å². The van der Waals surface area contributed by atoms with E-state index in [1.807, 2.05) is 9.80 Å². The molecule has 20 heavy (non-hydrogen) atoms. The lowest BCUT2D eigenvalue weighted by atomic mass is 9.98. The van der Waals surface area contributed by atoms with Crippen molar-refractivity contribution in [3.8, 4) is 0 Å². The first-order valence-corrected chi connectivity index (χ1v) is 7.61. The molecular weight excluding hydrogens is 258 g/mol. The van der Waals surface area contributed by atoms with Crippen molar-refractivity contribution in [3.05, 3.63) is 0 Å². The number of rotatable bonds is 3.